The third-order valence-electron chi connectivity index (χ3n) is 2.49. The van der Waals surface area contributed by atoms with Gasteiger partial charge in [0, 0.05) is 0 Å². The van der Waals surface area contributed by atoms with Gasteiger partial charge in [-0.2, -0.15) is 0 Å². The van der Waals surface area contributed by atoms with E-state index in [0.717, 1.165) is 11.1 Å². The number of benzene rings is 1. The maximum absolute atomic E-state index is 12.8. The van der Waals surface area contributed by atoms with Gasteiger partial charge in [0.2, 0.25) is 0 Å². The minimum absolute atomic E-state index is 0.0433. The van der Waals surface area contributed by atoms with Gasteiger partial charge in [-0.25, -0.2) is 4.39 Å². The van der Waals surface area contributed by atoms with Gasteiger partial charge in [0.05, 0.1) is 18.6 Å². The molecule has 1 heterocycles. The quantitative estimate of drug-likeness (QED) is 0.613. The first-order chi connectivity index (χ1) is 7.79. The molecule has 1 aromatic heterocycles. The van der Waals surface area contributed by atoms with Crippen molar-refractivity contribution in [3.05, 3.63) is 59.8 Å². The molecule has 0 amide bonds. The van der Waals surface area contributed by atoms with Crippen LogP contribution in [0.15, 0.2) is 47.3 Å². The zero-order valence-electron chi connectivity index (χ0n) is 8.69. The summed E-state index contributed by atoms with van der Waals surface area (Å²) in [6, 6.07) is 8.14. The monoisotopic (exact) mass is 220 g/mol. The van der Waals surface area contributed by atoms with E-state index < -0.39 is 0 Å². The van der Waals surface area contributed by atoms with E-state index in [0.29, 0.717) is 6.42 Å². The summed E-state index contributed by atoms with van der Waals surface area (Å²) in [4.78, 5) is 0. The van der Waals surface area contributed by atoms with Crippen LogP contribution >= 0.6 is 0 Å². The van der Waals surface area contributed by atoms with E-state index in [1.807, 2.05) is 6.07 Å². The van der Waals surface area contributed by atoms with Crippen molar-refractivity contribution in [1.82, 2.24) is 5.43 Å². The highest BCUT2D eigenvalue weighted by molar-refractivity contribution is 5.22. The Morgan fingerprint density at radius 1 is 1.25 bits per heavy atom. The van der Waals surface area contributed by atoms with Crippen molar-refractivity contribution in [2.45, 2.75) is 12.5 Å². The molecular formula is C12H13FN2O. The van der Waals surface area contributed by atoms with E-state index in [9.17, 15) is 4.39 Å². The molecule has 0 aliphatic rings. The van der Waals surface area contributed by atoms with Crippen molar-refractivity contribution in [2.75, 3.05) is 0 Å². The van der Waals surface area contributed by atoms with Gasteiger partial charge in [0.25, 0.3) is 0 Å². The van der Waals surface area contributed by atoms with Crippen LogP contribution in [0.25, 0.3) is 0 Å². The fraction of sp³-hybridized carbons (Fsp3) is 0.167. The molecule has 2 rings (SSSR count). The smallest absolute Gasteiger partial charge is 0.123 e. The summed E-state index contributed by atoms with van der Waals surface area (Å²) < 4.78 is 17.8. The summed E-state index contributed by atoms with van der Waals surface area (Å²) >= 11 is 0. The number of hydrogen-bond donors (Lipinski definition) is 2. The van der Waals surface area contributed by atoms with Crippen molar-refractivity contribution in [1.29, 1.82) is 0 Å². The number of furan rings is 1. The third kappa shape index (κ3) is 2.48. The van der Waals surface area contributed by atoms with Crippen LogP contribution < -0.4 is 11.3 Å². The highest BCUT2D eigenvalue weighted by atomic mass is 19.1. The Hall–Kier alpha value is -1.65. The number of hydrazine groups is 1. The van der Waals surface area contributed by atoms with Crippen molar-refractivity contribution in [3.63, 3.8) is 0 Å². The van der Waals surface area contributed by atoms with Crippen molar-refractivity contribution < 1.29 is 8.81 Å². The van der Waals surface area contributed by atoms with Crippen molar-refractivity contribution >= 4 is 0 Å². The Balaban J connectivity index is 2.13. The predicted molar refractivity (Wildman–Crippen MR) is 58.9 cm³/mol. The molecule has 84 valence electrons. The van der Waals surface area contributed by atoms with Crippen LogP contribution in [-0.4, -0.2) is 0 Å². The average molecular weight is 220 g/mol. The Bertz CT molecular complexity index is 425. The van der Waals surface area contributed by atoms with E-state index in [2.05, 4.69) is 5.43 Å². The van der Waals surface area contributed by atoms with Gasteiger partial charge < -0.3 is 4.42 Å². The average Bonchev–Trinajstić information content (AvgIpc) is 2.80. The van der Waals surface area contributed by atoms with Crippen molar-refractivity contribution in [3.8, 4) is 0 Å². The van der Waals surface area contributed by atoms with Crippen molar-refractivity contribution in [2.24, 2.45) is 5.84 Å². The maximum Gasteiger partial charge on any atom is 0.123 e. The van der Waals surface area contributed by atoms with Gasteiger partial charge in [0.15, 0.2) is 0 Å². The molecule has 0 bridgehead atoms. The minimum Gasteiger partial charge on any atom is -0.472 e. The Morgan fingerprint density at radius 3 is 2.56 bits per heavy atom. The second-order valence-electron chi connectivity index (χ2n) is 3.61. The molecule has 1 aromatic carbocycles. The van der Waals surface area contributed by atoms with Gasteiger partial charge in [-0.1, -0.05) is 12.1 Å². The molecule has 4 heteroatoms. The molecule has 16 heavy (non-hydrogen) atoms. The maximum atomic E-state index is 12.8. The third-order valence-corrected chi connectivity index (χ3v) is 2.49. The highest BCUT2D eigenvalue weighted by Gasteiger charge is 2.11. The van der Waals surface area contributed by atoms with Crippen LogP contribution in [0.3, 0.4) is 0 Å². The molecule has 1 unspecified atom stereocenters. The normalized spacial score (nSPS) is 12.6. The second kappa shape index (κ2) is 4.92. The van der Waals surface area contributed by atoms with Crippen LogP contribution in [-0.2, 0) is 6.42 Å². The first-order valence-corrected chi connectivity index (χ1v) is 5.02. The van der Waals surface area contributed by atoms with E-state index in [1.54, 1.807) is 24.7 Å². The largest absolute Gasteiger partial charge is 0.472 e. The fourth-order valence-electron chi connectivity index (χ4n) is 1.61. The second-order valence-corrected chi connectivity index (χ2v) is 3.61. The lowest BCUT2D eigenvalue weighted by Crippen LogP contribution is -2.29. The molecule has 3 N–H and O–H groups in total. The number of halogens is 1. The lowest BCUT2D eigenvalue weighted by Gasteiger charge is -2.15. The molecular weight excluding hydrogens is 207 g/mol. The molecule has 3 nitrogen and oxygen atoms in total. The summed E-state index contributed by atoms with van der Waals surface area (Å²) in [6.07, 6.45) is 4.00. The molecule has 1 atom stereocenters. The molecule has 0 spiro atoms. The zero-order chi connectivity index (χ0) is 11.4. The van der Waals surface area contributed by atoms with E-state index in [4.69, 9.17) is 10.3 Å². The minimum atomic E-state index is -0.247. The first-order valence-electron chi connectivity index (χ1n) is 5.02. The molecule has 0 aliphatic carbocycles. The van der Waals surface area contributed by atoms with Gasteiger partial charge >= 0.3 is 0 Å². The SMILES string of the molecule is NNC(Cc1ccoc1)c1ccc(F)cc1. The summed E-state index contributed by atoms with van der Waals surface area (Å²) in [5.41, 5.74) is 4.71. The molecule has 2 aromatic rings. The molecule has 0 radical (unpaired) electrons. The molecule has 0 saturated heterocycles. The summed E-state index contributed by atoms with van der Waals surface area (Å²) in [6.45, 7) is 0. The Kier molecular flexibility index (Phi) is 3.34. The Labute approximate surface area is 93.0 Å². The zero-order valence-corrected chi connectivity index (χ0v) is 8.69. The van der Waals surface area contributed by atoms with Gasteiger partial charge in [-0.05, 0) is 35.7 Å². The van der Waals surface area contributed by atoms with E-state index in [1.165, 1.54) is 12.1 Å². The van der Waals surface area contributed by atoms with Crippen LogP contribution in [0.1, 0.15) is 17.2 Å². The Morgan fingerprint density at radius 2 is 2.00 bits per heavy atom. The first kappa shape index (κ1) is 10.9. The lowest BCUT2D eigenvalue weighted by molar-refractivity contribution is 0.534. The van der Waals surface area contributed by atoms with Gasteiger partial charge in [0.1, 0.15) is 5.82 Å². The molecule has 0 fully saturated rings. The van der Waals surface area contributed by atoms with Crippen LogP contribution in [0, 0.1) is 5.82 Å². The number of nitrogens with one attached hydrogen (secondary N) is 1. The highest BCUT2D eigenvalue weighted by Crippen LogP contribution is 2.18. The number of nitrogens with two attached hydrogens (primary N) is 1. The van der Waals surface area contributed by atoms with Crippen LogP contribution in [0.2, 0.25) is 0 Å². The van der Waals surface area contributed by atoms with E-state index >= 15 is 0 Å². The fourth-order valence-corrected chi connectivity index (χ4v) is 1.61. The lowest BCUT2D eigenvalue weighted by atomic mass is 10.0. The molecule has 0 saturated carbocycles. The summed E-state index contributed by atoms with van der Waals surface area (Å²) in [5.74, 6) is 5.24. The number of hydrogen-bond acceptors (Lipinski definition) is 3. The predicted octanol–water partition coefficient (Wildman–Crippen LogP) is 2.17. The van der Waals surface area contributed by atoms with Gasteiger partial charge in [-0.3, -0.25) is 11.3 Å². The standard InChI is InChI=1S/C12H13FN2O/c13-11-3-1-10(2-4-11)12(15-14)7-9-5-6-16-8-9/h1-6,8,12,15H,7,14H2. The topological polar surface area (TPSA) is 51.2 Å². The summed E-state index contributed by atoms with van der Waals surface area (Å²) in [5, 5.41) is 0. The van der Waals surface area contributed by atoms with Gasteiger partial charge in [-0.15, -0.1) is 0 Å². The van der Waals surface area contributed by atoms with Crippen LogP contribution in [0.4, 0.5) is 4.39 Å². The van der Waals surface area contributed by atoms with Crippen LogP contribution in [0.5, 0.6) is 0 Å². The summed E-state index contributed by atoms with van der Waals surface area (Å²) in [7, 11) is 0. The molecule has 0 aliphatic heterocycles. The van der Waals surface area contributed by atoms with E-state index in [-0.39, 0.29) is 11.9 Å². The number of rotatable bonds is 4.